The fourth-order valence-electron chi connectivity index (χ4n) is 2.81. The fourth-order valence-corrected chi connectivity index (χ4v) is 3.87. The lowest BCUT2D eigenvalue weighted by molar-refractivity contribution is 0.102. The zero-order valence-corrected chi connectivity index (χ0v) is 19.1. The molecule has 0 spiro atoms. The summed E-state index contributed by atoms with van der Waals surface area (Å²) >= 11 is 0. The van der Waals surface area contributed by atoms with Gasteiger partial charge in [-0.25, -0.2) is 8.42 Å². The van der Waals surface area contributed by atoms with E-state index < -0.39 is 21.0 Å². The highest BCUT2D eigenvalue weighted by molar-refractivity contribution is 7.92. The van der Waals surface area contributed by atoms with Crippen LogP contribution in [-0.2, 0) is 9.84 Å². The van der Waals surface area contributed by atoms with E-state index in [1.165, 1.54) is 12.1 Å². The first kappa shape index (κ1) is 23.3. The zero-order valence-electron chi connectivity index (χ0n) is 18.3. The second-order valence-electron chi connectivity index (χ2n) is 7.01. The van der Waals surface area contributed by atoms with Gasteiger partial charge in [0, 0.05) is 11.1 Å². The van der Waals surface area contributed by atoms with E-state index in [1.807, 2.05) is 13.8 Å². The molecule has 0 unspecified atom stereocenters. The SMILES string of the molecule is CCOc1ccc(C(=O)Nc2nnc(-c3ccc(S(=O)(=O)C(C)C)cc3)o2)cc1OCC. The normalized spacial score (nSPS) is 11.4. The maximum absolute atomic E-state index is 12.6. The number of aromatic nitrogens is 2. The van der Waals surface area contributed by atoms with Crippen LogP contribution in [0.15, 0.2) is 51.8 Å². The lowest BCUT2D eigenvalue weighted by Crippen LogP contribution is -2.13. The predicted octanol–water partition coefficient (Wildman–Crippen LogP) is 3.97. The van der Waals surface area contributed by atoms with Gasteiger partial charge in [-0.2, -0.15) is 0 Å². The van der Waals surface area contributed by atoms with Crippen molar-refractivity contribution in [2.24, 2.45) is 0 Å². The van der Waals surface area contributed by atoms with Gasteiger partial charge in [0.15, 0.2) is 21.3 Å². The number of benzene rings is 2. The first-order valence-electron chi connectivity index (χ1n) is 10.1. The monoisotopic (exact) mass is 459 g/mol. The Labute approximate surface area is 186 Å². The van der Waals surface area contributed by atoms with Gasteiger partial charge in [-0.1, -0.05) is 5.10 Å². The van der Waals surface area contributed by atoms with Crippen LogP contribution in [0, 0.1) is 0 Å². The second-order valence-corrected chi connectivity index (χ2v) is 9.52. The van der Waals surface area contributed by atoms with Crippen LogP contribution in [0.1, 0.15) is 38.1 Å². The third-order valence-electron chi connectivity index (χ3n) is 4.50. The van der Waals surface area contributed by atoms with E-state index in [-0.39, 0.29) is 16.8 Å². The largest absolute Gasteiger partial charge is 0.490 e. The lowest BCUT2D eigenvalue weighted by atomic mass is 10.2. The molecule has 0 radical (unpaired) electrons. The molecule has 3 rings (SSSR count). The van der Waals surface area contributed by atoms with Crippen LogP contribution in [0.25, 0.3) is 11.5 Å². The van der Waals surface area contributed by atoms with Gasteiger partial charge in [-0.3, -0.25) is 10.1 Å². The van der Waals surface area contributed by atoms with E-state index in [4.69, 9.17) is 13.9 Å². The number of carbonyl (C=O) groups excluding carboxylic acids is 1. The standard InChI is InChI=1S/C22H25N3O6S/c1-5-29-18-12-9-16(13-19(18)30-6-2)20(26)23-22-25-24-21(31-22)15-7-10-17(11-8-15)32(27,28)14(3)4/h7-14H,5-6H2,1-4H3,(H,23,25,26). The highest BCUT2D eigenvalue weighted by Gasteiger charge is 2.20. The van der Waals surface area contributed by atoms with E-state index >= 15 is 0 Å². The quantitative estimate of drug-likeness (QED) is 0.510. The molecule has 0 aliphatic rings. The average Bonchev–Trinajstić information content (AvgIpc) is 3.23. The summed E-state index contributed by atoms with van der Waals surface area (Å²) in [6, 6.07) is 10.9. The van der Waals surface area contributed by atoms with Crippen LogP contribution < -0.4 is 14.8 Å². The maximum Gasteiger partial charge on any atom is 0.322 e. The summed E-state index contributed by atoms with van der Waals surface area (Å²) in [5.41, 5.74) is 0.861. The Morgan fingerprint density at radius 3 is 2.28 bits per heavy atom. The van der Waals surface area contributed by atoms with E-state index in [9.17, 15) is 13.2 Å². The number of ether oxygens (including phenoxy) is 2. The van der Waals surface area contributed by atoms with Crippen LogP contribution in [0.4, 0.5) is 6.01 Å². The molecule has 0 saturated heterocycles. The van der Waals surface area contributed by atoms with E-state index in [1.54, 1.807) is 44.2 Å². The van der Waals surface area contributed by atoms with Gasteiger partial charge in [-0.15, -0.1) is 5.10 Å². The summed E-state index contributed by atoms with van der Waals surface area (Å²) in [5.74, 6) is 0.705. The summed E-state index contributed by atoms with van der Waals surface area (Å²) in [6.45, 7) is 7.85. The Morgan fingerprint density at radius 2 is 1.66 bits per heavy atom. The summed E-state index contributed by atoms with van der Waals surface area (Å²) < 4.78 is 41.1. The lowest BCUT2D eigenvalue weighted by Gasteiger charge is -2.11. The summed E-state index contributed by atoms with van der Waals surface area (Å²) in [6.07, 6.45) is 0. The third kappa shape index (κ3) is 5.08. The molecule has 0 aliphatic heterocycles. The molecule has 1 N–H and O–H groups in total. The Balaban J connectivity index is 1.75. The molecular weight excluding hydrogens is 434 g/mol. The van der Waals surface area contributed by atoms with Crippen molar-refractivity contribution < 1.29 is 27.1 Å². The number of amides is 1. The molecule has 170 valence electrons. The first-order valence-corrected chi connectivity index (χ1v) is 11.7. The smallest absolute Gasteiger partial charge is 0.322 e. The van der Waals surface area contributed by atoms with Crippen molar-refractivity contribution in [3.05, 3.63) is 48.0 Å². The Morgan fingerprint density at radius 1 is 1.00 bits per heavy atom. The molecule has 0 aliphatic carbocycles. The number of hydrogen-bond donors (Lipinski definition) is 1. The molecule has 0 atom stereocenters. The number of nitrogens with one attached hydrogen (secondary N) is 1. The number of anilines is 1. The molecular formula is C22H25N3O6S. The minimum atomic E-state index is -3.37. The van der Waals surface area contributed by atoms with Crippen molar-refractivity contribution in [3.8, 4) is 23.0 Å². The minimum absolute atomic E-state index is 0.0873. The molecule has 32 heavy (non-hydrogen) atoms. The van der Waals surface area contributed by atoms with Crippen molar-refractivity contribution in [2.45, 2.75) is 37.8 Å². The van der Waals surface area contributed by atoms with Crippen molar-refractivity contribution >= 4 is 21.8 Å². The average molecular weight is 460 g/mol. The molecule has 1 heterocycles. The van der Waals surface area contributed by atoms with Crippen molar-refractivity contribution in [3.63, 3.8) is 0 Å². The number of rotatable bonds is 9. The van der Waals surface area contributed by atoms with Gasteiger partial charge in [0.25, 0.3) is 5.91 Å². The number of sulfone groups is 1. The maximum atomic E-state index is 12.6. The molecule has 1 amide bonds. The topological polar surface area (TPSA) is 121 Å². The molecule has 9 nitrogen and oxygen atoms in total. The van der Waals surface area contributed by atoms with Gasteiger partial charge >= 0.3 is 6.01 Å². The van der Waals surface area contributed by atoms with Gasteiger partial charge in [-0.05, 0) is 70.2 Å². The second kappa shape index (κ2) is 9.82. The van der Waals surface area contributed by atoms with Crippen LogP contribution in [0.3, 0.4) is 0 Å². The third-order valence-corrected chi connectivity index (χ3v) is 6.67. The van der Waals surface area contributed by atoms with Gasteiger partial charge in [0.05, 0.1) is 23.4 Å². The zero-order chi connectivity index (χ0) is 23.3. The van der Waals surface area contributed by atoms with Crippen LogP contribution >= 0.6 is 0 Å². The molecule has 0 fully saturated rings. The van der Waals surface area contributed by atoms with Gasteiger partial charge in [0.1, 0.15) is 0 Å². The molecule has 3 aromatic rings. The fraction of sp³-hybridized carbons (Fsp3) is 0.318. The van der Waals surface area contributed by atoms with Crippen LogP contribution in [-0.4, -0.2) is 43.0 Å². The highest BCUT2D eigenvalue weighted by Crippen LogP contribution is 2.29. The molecule has 1 aromatic heterocycles. The summed E-state index contributed by atoms with van der Waals surface area (Å²) in [5, 5.41) is 9.79. The molecule has 0 saturated carbocycles. The van der Waals surface area contributed by atoms with Crippen molar-refractivity contribution in [1.29, 1.82) is 0 Å². The molecule has 0 bridgehead atoms. The Kier molecular flexibility index (Phi) is 7.14. The van der Waals surface area contributed by atoms with Crippen molar-refractivity contribution in [1.82, 2.24) is 10.2 Å². The number of nitrogens with zero attached hydrogens (tertiary/aromatic N) is 2. The molecule has 2 aromatic carbocycles. The predicted molar refractivity (Wildman–Crippen MR) is 119 cm³/mol. The van der Waals surface area contributed by atoms with Gasteiger partial charge in [0.2, 0.25) is 5.89 Å². The minimum Gasteiger partial charge on any atom is -0.490 e. The first-order chi connectivity index (χ1) is 15.3. The highest BCUT2D eigenvalue weighted by atomic mass is 32.2. The van der Waals surface area contributed by atoms with Crippen LogP contribution in [0.2, 0.25) is 0 Å². The Bertz CT molecular complexity index is 1190. The van der Waals surface area contributed by atoms with Crippen LogP contribution in [0.5, 0.6) is 11.5 Å². The van der Waals surface area contributed by atoms with E-state index in [2.05, 4.69) is 15.5 Å². The summed E-state index contributed by atoms with van der Waals surface area (Å²) in [7, 11) is -3.37. The molecule has 10 heteroatoms. The summed E-state index contributed by atoms with van der Waals surface area (Å²) in [4.78, 5) is 12.8. The Hall–Kier alpha value is -3.40. The number of hydrogen-bond acceptors (Lipinski definition) is 8. The number of carbonyl (C=O) groups is 1. The van der Waals surface area contributed by atoms with Crippen molar-refractivity contribution in [2.75, 3.05) is 18.5 Å². The van der Waals surface area contributed by atoms with E-state index in [0.29, 0.717) is 35.8 Å². The van der Waals surface area contributed by atoms with E-state index in [0.717, 1.165) is 0 Å². The van der Waals surface area contributed by atoms with Gasteiger partial charge < -0.3 is 13.9 Å².